The highest BCUT2D eigenvalue weighted by Crippen LogP contribution is 2.29. The van der Waals surface area contributed by atoms with Gasteiger partial charge in [-0.05, 0) is 52.9 Å². The van der Waals surface area contributed by atoms with Crippen molar-refractivity contribution in [3.05, 3.63) is 59.4 Å². The van der Waals surface area contributed by atoms with E-state index < -0.39 is 17.6 Å². The van der Waals surface area contributed by atoms with Gasteiger partial charge in [-0.25, -0.2) is 0 Å². The zero-order valence-electron chi connectivity index (χ0n) is 14.5. The van der Waals surface area contributed by atoms with Crippen LogP contribution in [-0.2, 0) is 12.8 Å². The third-order valence-electron chi connectivity index (χ3n) is 3.78. The summed E-state index contributed by atoms with van der Waals surface area (Å²) in [5, 5.41) is 11.1. The van der Waals surface area contributed by atoms with Gasteiger partial charge in [0.25, 0.3) is 5.91 Å². The second kappa shape index (κ2) is 7.55. The molecule has 0 atom stereocenters. The zero-order valence-corrected chi connectivity index (χ0v) is 14.5. The number of tetrazole rings is 1. The number of methoxy groups -OCH3 is 1. The van der Waals surface area contributed by atoms with Crippen molar-refractivity contribution < 1.29 is 27.4 Å². The third-order valence-corrected chi connectivity index (χ3v) is 3.78. The molecule has 0 aliphatic rings. The average Bonchev–Trinajstić information content (AvgIpc) is 3.14. The average molecular weight is 393 g/mol. The Morgan fingerprint density at radius 1 is 1.18 bits per heavy atom. The Hall–Kier alpha value is -3.63. The van der Waals surface area contributed by atoms with Gasteiger partial charge in [-0.2, -0.15) is 17.9 Å². The number of hydrogen-bond donors (Lipinski definition) is 1. The lowest BCUT2D eigenvalue weighted by atomic mass is 10.2. The second-order valence-corrected chi connectivity index (χ2v) is 5.57. The molecule has 11 heteroatoms. The topological polar surface area (TPSA) is 105 Å². The Bertz CT molecular complexity index is 986. The first-order valence-electron chi connectivity index (χ1n) is 7.85. The minimum absolute atomic E-state index is 0.105. The summed E-state index contributed by atoms with van der Waals surface area (Å²) >= 11 is 0. The van der Waals surface area contributed by atoms with Crippen LogP contribution >= 0.6 is 0 Å². The number of aromatic nitrogens is 4. The van der Waals surface area contributed by atoms with Crippen molar-refractivity contribution in [3.63, 3.8) is 0 Å². The van der Waals surface area contributed by atoms with E-state index in [1.54, 1.807) is 6.07 Å². The van der Waals surface area contributed by atoms with Crippen LogP contribution in [0.2, 0.25) is 0 Å². The number of nitrogens with zero attached hydrogens (tertiary/aromatic N) is 4. The standard InChI is InChI=1S/C17H14F3N5O3/c1-27-12-6-7-14(13(8-12)16(21)26)28-9-15-22-23-24-25(15)11-4-2-10(3-5-11)17(18,19)20/h2-8H,9H2,1H3,(H2,21,26). The molecule has 0 saturated heterocycles. The summed E-state index contributed by atoms with van der Waals surface area (Å²) in [6.45, 7) is -0.152. The second-order valence-electron chi connectivity index (χ2n) is 5.57. The van der Waals surface area contributed by atoms with Crippen molar-refractivity contribution in [2.75, 3.05) is 7.11 Å². The first-order valence-corrected chi connectivity index (χ1v) is 7.85. The van der Waals surface area contributed by atoms with E-state index in [-0.39, 0.29) is 23.7 Å². The van der Waals surface area contributed by atoms with Gasteiger partial charge in [0.1, 0.15) is 18.1 Å². The summed E-state index contributed by atoms with van der Waals surface area (Å²) in [5.74, 6) is 0.119. The molecule has 0 unspecified atom stereocenters. The molecule has 0 aliphatic heterocycles. The Balaban J connectivity index is 1.81. The highest BCUT2D eigenvalue weighted by molar-refractivity contribution is 5.96. The first-order chi connectivity index (χ1) is 13.3. The van der Waals surface area contributed by atoms with Gasteiger partial charge in [0.15, 0.2) is 5.82 Å². The van der Waals surface area contributed by atoms with Crippen molar-refractivity contribution >= 4 is 5.91 Å². The van der Waals surface area contributed by atoms with Crippen LogP contribution in [0.3, 0.4) is 0 Å². The fourth-order valence-corrected chi connectivity index (χ4v) is 2.38. The van der Waals surface area contributed by atoms with Crippen LogP contribution < -0.4 is 15.2 Å². The molecule has 3 aromatic rings. The Morgan fingerprint density at radius 3 is 2.50 bits per heavy atom. The highest BCUT2D eigenvalue weighted by Gasteiger charge is 2.30. The predicted octanol–water partition coefficient (Wildman–Crippen LogP) is 2.37. The van der Waals surface area contributed by atoms with Gasteiger partial charge in [-0.1, -0.05) is 0 Å². The van der Waals surface area contributed by atoms with E-state index in [2.05, 4.69) is 15.5 Å². The number of hydrogen-bond acceptors (Lipinski definition) is 6. The summed E-state index contributed by atoms with van der Waals surface area (Å²) in [5.41, 5.74) is 4.99. The summed E-state index contributed by atoms with van der Waals surface area (Å²) in [7, 11) is 1.44. The molecule has 0 bridgehead atoms. The van der Waals surface area contributed by atoms with Gasteiger partial charge in [0.05, 0.1) is 23.9 Å². The Labute approximate surface area is 156 Å². The van der Waals surface area contributed by atoms with Crippen LogP contribution in [0.5, 0.6) is 11.5 Å². The molecule has 1 heterocycles. The number of carbonyl (C=O) groups is 1. The maximum atomic E-state index is 12.7. The molecule has 0 spiro atoms. The van der Waals surface area contributed by atoms with E-state index in [0.29, 0.717) is 11.4 Å². The fraction of sp³-hybridized carbons (Fsp3) is 0.176. The number of nitrogens with two attached hydrogens (primary N) is 1. The van der Waals surface area contributed by atoms with Crippen LogP contribution in [-0.4, -0.2) is 33.2 Å². The van der Waals surface area contributed by atoms with E-state index in [1.165, 1.54) is 36.1 Å². The smallest absolute Gasteiger partial charge is 0.416 e. The molecule has 0 radical (unpaired) electrons. The molecule has 0 aliphatic carbocycles. The Morgan fingerprint density at radius 2 is 1.89 bits per heavy atom. The number of ether oxygens (including phenoxy) is 2. The molecule has 0 saturated carbocycles. The molecule has 1 amide bonds. The number of primary amides is 1. The largest absolute Gasteiger partial charge is 0.497 e. The van der Waals surface area contributed by atoms with Gasteiger partial charge < -0.3 is 15.2 Å². The van der Waals surface area contributed by atoms with E-state index >= 15 is 0 Å². The first kappa shape index (κ1) is 19.1. The number of halogens is 3. The molecule has 28 heavy (non-hydrogen) atoms. The van der Waals surface area contributed by atoms with Crippen molar-refractivity contribution in [3.8, 4) is 17.2 Å². The zero-order chi connectivity index (χ0) is 20.3. The van der Waals surface area contributed by atoms with Gasteiger partial charge in [0, 0.05) is 0 Å². The highest BCUT2D eigenvalue weighted by atomic mass is 19.4. The summed E-state index contributed by atoms with van der Waals surface area (Å²) in [4.78, 5) is 11.6. The SMILES string of the molecule is COc1ccc(OCc2nnnn2-c2ccc(C(F)(F)F)cc2)c(C(N)=O)c1. The number of carbonyl (C=O) groups excluding carboxylic acids is 1. The van der Waals surface area contributed by atoms with Crippen LogP contribution in [0.4, 0.5) is 13.2 Å². The lowest BCUT2D eigenvalue weighted by Gasteiger charge is -2.11. The molecule has 2 N–H and O–H groups in total. The molecule has 1 aromatic heterocycles. The minimum atomic E-state index is -4.44. The lowest BCUT2D eigenvalue weighted by Crippen LogP contribution is -2.14. The number of alkyl halides is 3. The monoisotopic (exact) mass is 393 g/mol. The Kier molecular flexibility index (Phi) is 5.16. The summed E-state index contributed by atoms with van der Waals surface area (Å²) < 4.78 is 49.9. The van der Waals surface area contributed by atoms with Gasteiger partial charge in [-0.3, -0.25) is 4.79 Å². The third kappa shape index (κ3) is 4.03. The van der Waals surface area contributed by atoms with Crippen LogP contribution in [0.15, 0.2) is 42.5 Å². The number of benzene rings is 2. The minimum Gasteiger partial charge on any atom is -0.497 e. The molecular formula is C17H14F3N5O3. The maximum Gasteiger partial charge on any atom is 0.416 e. The molecular weight excluding hydrogens is 379 g/mol. The van der Waals surface area contributed by atoms with Crippen LogP contribution in [0.25, 0.3) is 5.69 Å². The van der Waals surface area contributed by atoms with Crippen molar-refractivity contribution in [1.82, 2.24) is 20.2 Å². The maximum absolute atomic E-state index is 12.7. The van der Waals surface area contributed by atoms with Crippen molar-refractivity contribution in [2.45, 2.75) is 12.8 Å². The molecule has 0 fully saturated rings. The number of amides is 1. The lowest BCUT2D eigenvalue weighted by molar-refractivity contribution is -0.137. The van der Waals surface area contributed by atoms with E-state index in [1.807, 2.05) is 0 Å². The van der Waals surface area contributed by atoms with Crippen molar-refractivity contribution in [2.24, 2.45) is 5.73 Å². The number of rotatable bonds is 6. The van der Waals surface area contributed by atoms with Crippen LogP contribution in [0.1, 0.15) is 21.7 Å². The molecule has 146 valence electrons. The van der Waals surface area contributed by atoms with E-state index in [4.69, 9.17) is 15.2 Å². The summed E-state index contributed by atoms with van der Waals surface area (Å²) in [6, 6.07) is 8.85. The molecule has 2 aromatic carbocycles. The van der Waals surface area contributed by atoms with Crippen molar-refractivity contribution in [1.29, 1.82) is 0 Å². The molecule has 8 nitrogen and oxygen atoms in total. The van der Waals surface area contributed by atoms with Gasteiger partial charge >= 0.3 is 6.18 Å². The van der Waals surface area contributed by atoms with E-state index in [0.717, 1.165) is 12.1 Å². The van der Waals surface area contributed by atoms with Gasteiger partial charge in [0.2, 0.25) is 0 Å². The van der Waals surface area contributed by atoms with E-state index in [9.17, 15) is 18.0 Å². The summed E-state index contributed by atoms with van der Waals surface area (Å²) in [6.07, 6.45) is -4.44. The fourth-order valence-electron chi connectivity index (χ4n) is 2.38. The normalized spacial score (nSPS) is 11.3. The molecule has 3 rings (SSSR count). The predicted molar refractivity (Wildman–Crippen MR) is 90.0 cm³/mol. The van der Waals surface area contributed by atoms with Crippen LogP contribution in [0, 0.1) is 0 Å². The quantitative estimate of drug-likeness (QED) is 0.689. The van der Waals surface area contributed by atoms with Gasteiger partial charge in [-0.15, -0.1) is 5.10 Å².